The number of nitrogens with zero attached hydrogens (tertiary/aromatic N) is 5. The van der Waals surface area contributed by atoms with Crippen molar-refractivity contribution in [2.24, 2.45) is 7.05 Å². The minimum Gasteiger partial charge on any atom is -0.366 e. The van der Waals surface area contributed by atoms with Gasteiger partial charge in [0.25, 0.3) is 5.56 Å². The van der Waals surface area contributed by atoms with Gasteiger partial charge in [0.1, 0.15) is 0 Å². The molecule has 0 saturated carbocycles. The number of para-hydroxylation sites is 1. The summed E-state index contributed by atoms with van der Waals surface area (Å²) in [6.07, 6.45) is 5.64. The van der Waals surface area contributed by atoms with Gasteiger partial charge in [-0.15, -0.1) is 0 Å². The average Bonchev–Trinajstić information content (AvgIpc) is 3.11. The van der Waals surface area contributed by atoms with Crippen LogP contribution >= 0.6 is 0 Å². The molecule has 29 heavy (non-hydrogen) atoms. The van der Waals surface area contributed by atoms with Crippen molar-refractivity contribution in [3.05, 3.63) is 71.4 Å². The van der Waals surface area contributed by atoms with E-state index in [0.29, 0.717) is 5.95 Å². The predicted molar refractivity (Wildman–Crippen MR) is 115 cm³/mol. The van der Waals surface area contributed by atoms with E-state index in [1.54, 1.807) is 12.4 Å². The molecule has 0 bridgehead atoms. The van der Waals surface area contributed by atoms with E-state index in [2.05, 4.69) is 66.8 Å². The number of aryl methyl sites for hydroxylation is 1. The molecule has 1 aliphatic heterocycles. The summed E-state index contributed by atoms with van der Waals surface area (Å²) in [4.78, 5) is 28.3. The van der Waals surface area contributed by atoms with Crippen molar-refractivity contribution in [2.45, 2.75) is 0 Å². The smallest absolute Gasteiger partial charge is 0.275 e. The molecule has 0 unspecified atom stereocenters. The maximum atomic E-state index is 12.2. The van der Waals surface area contributed by atoms with Crippen molar-refractivity contribution in [1.82, 2.24) is 19.5 Å². The Bertz CT molecular complexity index is 1200. The molecule has 1 aliphatic rings. The Kier molecular flexibility index (Phi) is 4.27. The van der Waals surface area contributed by atoms with Crippen molar-refractivity contribution in [2.75, 3.05) is 36.0 Å². The molecule has 7 nitrogen and oxygen atoms in total. The second-order valence-electron chi connectivity index (χ2n) is 7.31. The highest BCUT2D eigenvalue weighted by Gasteiger charge is 2.22. The number of aromatic amines is 1. The molecule has 1 N–H and O–H groups in total. The summed E-state index contributed by atoms with van der Waals surface area (Å²) in [5.41, 5.74) is 3.95. The Morgan fingerprint density at radius 3 is 2.48 bits per heavy atom. The lowest BCUT2D eigenvalue weighted by atomic mass is 10.2. The summed E-state index contributed by atoms with van der Waals surface area (Å²) in [5.74, 6) is 0.627. The largest absolute Gasteiger partial charge is 0.366 e. The first-order valence-electron chi connectivity index (χ1n) is 9.75. The molecular weight excluding hydrogens is 364 g/mol. The number of fused-ring (bicyclic) bond motifs is 1. The zero-order chi connectivity index (χ0) is 19.8. The zero-order valence-electron chi connectivity index (χ0n) is 16.2. The van der Waals surface area contributed by atoms with Gasteiger partial charge in [0.15, 0.2) is 0 Å². The van der Waals surface area contributed by atoms with Crippen LogP contribution in [0.3, 0.4) is 0 Å². The quantitative estimate of drug-likeness (QED) is 0.586. The Hall–Kier alpha value is -3.61. The Morgan fingerprint density at radius 1 is 0.966 bits per heavy atom. The fourth-order valence-electron chi connectivity index (χ4n) is 4.01. The van der Waals surface area contributed by atoms with Crippen molar-refractivity contribution in [1.29, 1.82) is 0 Å². The van der Waals surface area contributed by atoms with Crippen LogP contribution in [0, 0.1) is 0 Å². The highest BCUT2D eigenvalue weighted by molar-refractivity contribution is 5.93. The maximum absolute atomic E-state index is 12.2. The van der Waals surface area contributed by atoms with Crippen LogP contribution in [0.15, 0.2) is 65.8 Å². The minimum atomic E-state index is -0.234. The van der Waals surface area contributed by atoms with Gasteiger partial charge < -0.3 is 19.4 Å². The Balaban J connectivity index is 1.38. The van der Waals surface area contributed by atoms with E-state index < -0.39 is 0 Å². The SMILES string of the molecule is Cn1cc(N2CCN(c3nc(=O)cc(-c4ccncc4)[nH]3)CC2)c2ccccc21. The van der Waals surface area contributed by atoms with E-state index in [0.717, 1.165) is 37.4 Å². The maximum Gasteiger partial charge on any atom is 0.275 e. The number of anilines is 2. The van der Waals surface area contributed by atoms with E-state index in [9.17, 15) is 4.79 Å². The molecule has 0 atom stereocenters. The third kappa shape index (κ3) is 3.24. The lowest BCUT2D eigenvalue weighted by molar-refractivity contribution is 0.640. The summed E-state index contributed by atoms with van der Waals surface area (Å²) in [6, 6.07) is 13.8. The predicted octanol–water partition coefficient (Wildman–Crippen LogP) is 2.65. The highest BCUT2D eigenvalue weighted by atomic mass is 16.1. The number of aromatic nitrogens is 4. The third-order valence-electron chi connectivity index (χ3n) is 5.52. The van der Waals surface area contributed by atoms with Gasteiger partial charge in [0, 0.05) is 74.3 Å². The van der Waals surface area contributed by atoms with Gasteiger partial charge in [-0.2, -0.15) is 4.98 Å². The Labute approximate surface area is 168 Å². The normalized spacial score (nSPS) is 14.5. The van der Waals surface area contributed by atoms with E-state index in [1.807, 2.05) is 12.1 Å². The molecule has 4 heterocycles. The molecule has 0 radical (unpaired) electrons. The van der Waals surface area contributed by atoms with Crippen LogP contribution in [0.5, 0.6) is 0 Å². The van der Waals surface area contributed by atoms with Crippen molar-refractivity contribution in [3.63, 3.8) is 0 Å². The van der Waals surface area contributed by atoms with Crippen LogP contribution in [-0.4, -0.2) is 45.7 Å². The van der Waals surface area contributed by atoms with E-state index in [4.69, 9.17) is 0 Å². The molecule has 1 saturated heterocycles. The van der Waals surface area contributed by atoms with Gasteiger partial charge in [-0.25, -0.2) is 0 Å². The first-order chi connectivity index (χ1) is 14.2. The molecule has 1 aromatic carbocycles. The zero-order valence-corrected chi connectivity index (χ0v) is 16.2. The number of hydrogen-bond donors (Lipinski definition) is 1. The van der Waals surface area contributed by atoms with Crippen molar-refractivity contribution in [3.8, 4) is 11.3 Å². The fraction of sp³-hybridized carbons (Fsp3) is 0.227. The second kappa shape index (κ2) is 7.09. The molecule has 0 aliphatic carbocycles. The topological polar surface area (TPSA) is 70.1 Å². The number of pyridine rings is 1. The highest BCUT2D eigenvalue weighted by Crippen LogP contribution is 2.29. The third-order valence-corrected chi connectivity index (χ3v) is 5.52. The summed E-state index contributed by atoms with van der Waals surface area (Å²) in [5, 5.41) is 1.27. The number of H-pyrrole nitrogens is 1. The Morgan fingerprint density at radius 2 is 1.69 bits per heavy atom. The van der Waals surface area contributed by atoms with Gasteiger partial charge in [-0.05, 0) is 18.2 Å². The number of nitrogens with one attached hydrogen (secondary N) is 1. The molecule has 4 aromatic rings. The number of rotatable bonds is 3. The molecule has 0 spiro atoms. The van der Waals surface area contributed by atoms with Gasteiger partial charge in [0.2, 0.25) is 5.95 Å². The fourth-order valence-corrected chi connectivity index (χ4v) is 4.01. The summed E-state index contributed by atoms with van der Waals surface area (Å²) in [7, 11) is 2.08. The van der Waals surface area contributed by atoms with Crippen LogP contribution in [0.25, 0.3) is 22.2 Å². The van der Waals surface area contributed by atoms with Crippen molar-refractivity contribution >= 4 is 22.5 Å². The summed E-state index contributed by atoms with van der Waals surface area (Å²) in [6.45, 7) is 3.34. The van der Waals surface area contributed by atoms with Gasteiger partial charge in [-0.1, -0.05) is 18.2 Å². The van der Waals surface area contributed by atoms with Crippen LogP contribution in [0.2, 0.25) is 0 Å². The van der Waals surface area contributed by atoms with Crippen LogP contribution in [0.4, 0.5) is 11.6 Å². The molecule has 1 fully saturated rings. The molecule has 7 heteroatoms. The molecule has 146 valence electrons. The molecular formula is C22H22N6O. The van der Waals surface area contributed by atoms with Crippen molar-refractivity contribution < 1.29 is 0 Å². The summed E-state index contributed by atoms with van der Waals surface area (Å²) >= 11 is 0. The molecule has 3 aromatic heterocycles. The number of benzene rings is 1. The van der Waals surface area contributed by atoms with Crippen LogP contribution < -0.4 is 15.4 Å². The molecule has 0 amide bonds. The number of piperazine rings is 1. The lowest BCUT2D eigenvalue weighted by Crippen LogP contribution is -2.47. The van der Waals surface area contributed by atoms with Crippen LogP contribution in [0.1, 0.15) is 0 Å². The standard InChI is InChI=1S/C22H22N6O/c1-26-15-20(17-4-2-3-5-19(17)26)27-10-12-28(13-11-27)22-24-18(14-21(29)25-22)16-6-8-23-9-7-16/h2-9,14-15H,10-13H2,1H3,(H,24,25,29). The lowest BCUT2D eigenvalue weighted by Gasteiger charge is -2.36. The van der Waals surface area contributed by atoms with Crippen LogP contribution in [-0.2, 0) is 7.05 Å². The second-order valence-corrected chi connectivity index (χ2v) is 7.31. The van der Waals surface area contributed by atoms with E-state index in [1.165, 1.54) is 22.7 Å². The van der Waals surface area contributed by atoms with Gasteiger partial charge >= 0.3 is 0 Å². The van der Waals surface area contributed by atoms with Gasteiger partial charge in [0.05, 0.1) is 11.4 Å². The first-order valence-corrected chi connectivity index (χ1v) is 9.75. The first kappa shape index (κ1) is 17.5. The van der Waals surface area contributed by atoms with Gasteiger partial charge in [-0.3, -0.25) is 9.78 Å². The minimum absolute atomic E-state index is 0.234. The van der Waals surface area contributed by atoms with E-state index >= 15 is 0 Å². The average molecular weight is 386 g/mol. The monoisotopic (exact) mass is 386 g/mol. The number of hydrogen-bond acceptors (Lipinski definition) is 5. The summed E-state index contributed by atoms with van der Waals surface area (Å²) < 4.78 is 2.17. The van der Waals surface area contributed by atoms with E-state index in [-0.39, 0.29) is 5.56 Å². The molecule has 5 rings (SSSR count).